The van der Waals surface area contributed by atoms with E-state index in [1.807, 2.05) is 4.68 Å². The minimum Gasteiger partial charge on any atom is -0.481 e. The molecule has 0 aliphatic heterocycles. The quantitative estimate of drug-likeness (QED) is 0.816. The Morgan fingerprint density at radius 3 is 3.00 bits per heavy atom. The zero-order valence-corrected chi connectivity index (χ0v) is 8.97. The van der Waals surface area contributed by atoms with Gasteiger partial charge >= 0.3 is 5.97 Å². The van der Waals surface area contributed by atoms with Gasteiger partial charge in [-0.25, -0.2) is 4.68 Å². The Bertz CT molecular complexity index is 384. The summed E-state index contributed by atoms with van der Waals surface area (Å²) in [7, 11) is 0. The minimum absolute atomic E-state index is 0.0602. The Balaban J connectivity index is 2.25. The molecule has 1 atom stereocenters. The third-order valence-electron chi connectivity index (χ3n) is 2.85. The average molecular weight is 209 g/mol. The fourth-order valence-corrected chi connectivity index (χ4v) is 2.16. The van der Waals surface area contributed by atoms with Crippen molar-refractivity contribution in [1.82, 2.24) is 15.0 Å². The van der Waals surface area contributed by atoms with Crippen molar-refractivity contribution >= 4 is 5.97 Å². The maximum absolute atomic E-state index is 10.7. The van der Waals surface area contributed by atoms with Gasteiger partial charge in [0.15, 0.2) is 0 Å². The van der Waals surface area contributed by atoms with E-state index in [-0.39, 0.29) is 12.3 Å². The summed E-state index contributed by atoms with van der Waals surface area (Å²) in [5.41, 5.74) is 2.02. The smallest absolute Gasteiger partial charge is 0.304 e. The molecule has 2 rings (SSSR count). The van der Waals surface area contributed by atoms with Crippen molar-refractivity contribution in [3.8, 4) is 0 Å². The van der Waals surface area contributed by atoms with E-state index in [0.717, 1.165) is 24.2 Å². The monoisotopic (exact) mass is 209 g/mol. The van der Waals surface area contributed by atoms with Gasteiger partial charge < -0.3 is 5.11 Å². The average Bonchev–Trinajstić information content (AvgIpc) is 2.66. The van der Waals surface area contributed by atoms with Crippen molar-refractivity contribution in [2.45, 2.75) is 45.1 Å². The van der Waals surface area contributed by atoms with Crippen LogP contribution in [0.25, 0.3) is 0 Å². The molecule has 1 heterocycles. The Labute approximate surface area is 88.1 Å². The first kappa shape index (κ1) is 10.1. The normalized spacial score (nSPS) is 19.5. The molecule has 0 fully saturated rings. The largest absolute Gasteiger partial charge is 0.481 e. The number of fused-ring (bicyclic) bond motifs is 1. The molecule has 0 radical (unpaired) electrons. The van der Waals surface area contributed by atoms with Gasteiger partial charge in [0.25, 0.3) is 0 Å². The van der Waals surface area contributed by atoms with Crippen LogP contribution >= 0.6 is 0 Å². The van der Waals surface area contributed by atoms with Gasteiger partial charge in [0.05, 0.1) is 17.8 Å². The predicted octanol–water partition coefficient (Wildman–Crippen LogP) is 1.36. The Hall–Kier alpha value is -1.39. The van der Waals surface area contributed by atoms with Gasteiger partial charge in [-0.15, -0.1) is 5.10 Å². The molecule has 1 N–H and O–H groups in total. The molecular weight excluding hydrogens is 194 g/mol. The highest BCUT2D eigenvalue weighted by Crippen LogP contribution is 2.34. The molecule has 0 bridgehead atoms. The van der Waals surface area contributed by atoms with Gasteiger partial charge in [-0.1, -0.05) is 5.21 Å². The van der Waals surface area contributed by atoms with Crippen molar-refractivity contribution in [2.75, 3.05) is 0 Å². The molecular formula is C10H15N3O2. The van der Waals surface area contributed by atoms with Gasteiger partial charge in [-0.05, 0) is 26.7 Å². The molecule has 0 saturated carbocycles. The topological polar surface area (TPSA) is 68.0 Å². The van der Waals surface area contributed by atoms with E-state index in [9.17, 15) is 4.79 Å². The summed E-state index contributed by atoms with van der Waals surface area (Å²) < 4.78 is 1.90. The Morgan fingerprint density at radius 1 is 1.67 bits per heavy atom. The summed E-state index contributed by atoms with van der Waals surface area (Å²) in [6.45, 7) is 4.11. The number of carboxylic acid groups (broad SMARTS) is 1. The van der Waals surface area contributed by atoms with Gasteiger partial charge in [0.2, 0.25) is 0 Å². The zero-order chi connectivity index (χ0) is 11.0. The lowest BCUT2D eigenvalue weighted by Gasteiger charge is -2.06. The van der Waals surface area contributed by atoms with Crippen LogP contribution in [0.1, 0.15) is 50.0 Å². The molecule has 5 heteroatoms. The molecule has 1 aliphatic carbocycles. The predicted molar refractivity (Wildman–Crippen MR) is 53.7 cm³/mol. The van der Waals surface area contributed by atoms with E-state index in [0.29, 0.717) is 6.04 Å². The lowest BCUT2D eigenvalue weighted by atomic mass is 10.0. The maximum atomic E-state index is 10.7. The minimum atomic E-state index is -0.757. The van der Waals surface area contributed by atoms with Crippen molar-refractivity contribution in [3.63, 3.8) is 0 Å². The first-order chi connectivity index (χ1) is 7.09. The van der Waals surface area contributed by atoms with E-state index >= 15 is 0 Å². The van der Waals surface area contributed by atoms with Crippen LogP contribution in [-0.4, -0.2) is 26.1 Å². The molecule has 1 aromatic rings. The molecule has 15 heavy (non-hydrogen) atoms. The third-order valence-corrected chi connectivity index (χ3v) is 2.85. The van der Waals surface area contributed by atoms with E-state index in [1.54, 1.807) is 0 Å². The second-order valence-corrected chi connectivity index (χ2v) is 4.29. The molecule has 82 valence electrons. The third kappa shape index (κ3) is 1.73. The highest BCUT2D eigenvalue weighted by Gasteiger charge is 2.30. The van der Waals surface area contributed by atoms with E-state index in [2.05, 4.69) is 24.2 Å². The Morgan fingerprint density at radius 2 is 2.40 bits per heavy atom. The van der Waals surface area contributed by atoms with Crippen LogP contribution in [-0.2, 0) is 11.2 Å². The van der Waals surface area contributed by atoms with E-state index in [1.165, 1.54) is 0 Å². The summed E-state index contributed by atoms with van der Waals surface area (Å²) in [5.74, 6) is -0.697. The van der Waals surface area contributed by atoms with Crippen LogP contribution in [0.5, 0.6) is 0 Å². The molecule has 0 saturated heterocycles. The van der Waals surface area contributed by atoms with Crippen LogP contribution in [0.2, 0.25) is 0 Å². The molecule has 1 aliphatic rings. The number of carboxylic acids is 1. The van der Waals surface area contributed by atoms with Crippen LogP contribution in [0.4, 0.5) is 0 Å². The first-order valence-electron chi connectivity index (χ1n) is 5.25. The summed E-state index contributed by atoms with van der Waals surface area (Å²) >= 11 is 0. The second kappa shape index (κ2) is 3.64. The fraction of sp³-hybridized carbons (Fsp3) is 0.700. The highest BCUT2D eigenvalue weighted by atomic mass is 16.4. The second-order valence-electron chi connectivity index (χ2n) is 4.29. The molecule has 5 nitrogen and oxygen atoms in total. The molecule has 0 aromatic carbocycles. The zero-order valence-electron chi connectivity index (χ0n) is 8.97. The van der Waals surface area contributed by atoms with E-state index in [4.69, 9.17) is 5.11 Å². The lowest BCUT2D eigenvalue weighted by Crippen LogP contribution is -2.06. The maximum Gasteiger partial charge on any atom is 0.304 e. The van der Waals surface area contributed by atoms with Crippen LogP contribution < -0.4 is 0 Å². The fourth-order valence-electron chi connectivity index (χ4n) is 2.16. The summed E-state index contributed by atoms with van der Waals surface area (Å²) in [6, 6.07) is 0.296. The number of hydrogen-bond acceptors (Lipinski definition) is 3. The highest BCUT2D eigenvalue weighted by molar-refractivity contribution is 5.68. The number of aromatic nitrogens is 3. The van der Waals surface area contributed by atoms with Crippen LogP contribution in [0, 0.1) is 0 Å². The number of nitrogens with zero attached hydrogens (tertiary/aromatic N) is 3. The van der Waals surface area contributed by atoms with Crippen LogP contribution in [0.3, 0.4) is 0 Å². The summed E-state index contributed by atoms with van der Waals surface area (Å²) in [5, 5.41) is 16.9. The summed E-state index contributed by atoms with van der Waals surface area (Å²) in [4.78, 5) is 10.7. The standard InChI is InChI=1S/C10H15N3O2/c1-6(2)13-8-4-3-7(5-9(14)15)10(8)11-12-13/h6-7H,3-5H2,1-2H3,(H,14,15). The summed E-state index contributed by atoms with van der Waals surface area (Å²) in [6.07, 6.45) is 1.96. The molecule has 0 spiro atoms. The van der Waals surface area contributed by atoms with Gasteiger partial charge in [-0.2, -0.15) is 0 Å². The van der Waals surface area contributed by atoms with Gasteiger partial charge in [0, 0.05) is 12.0 Å². The van der Waals surface area contributed by atoms with Crippen molar-refractivity contribution < 1.29 is 9.90 Å². The lowest BCUT2D eigenvalue weighted by molar-refractivity contribution is -0.137. The van der Waals surface area contributed by atoms with Crippen molar-refractivity contribution in [2.24, 2.45) is 0 Å². The number of carbonyl (C=O) groups is 1. The molecule has 0 amide bonds. The van der Waals surface area contributed by atoms with Crippen molar-refractivity contribution in [1.29, 1.82) is 0 Å². The van der Waals surface area contributed by atoms with Gasteiger partial charge in [0.1, 0.15) is 0 Å². The molecule has 1 unspecified atom stereocenters. The number of hydrogen-bond donors (Lipinski definition) is 1. The first-order valence-corrected chi connectivity index (χ1v) is 5.25. The molecule has 1 aromatic heterocycles. The van der Waals surface area contributed by atoms with E-state index < -0.39 is 5.97 Å². The SMILES string of the molecule is CC(C)n1nnc2c1CCC2CC(=O)O. The van der Waals surface area contributed by atoms with Crippen LogP contribution in [0.15, 0.2) is 0 Å². The number of rotatable bonds is 3. The van der Waals surface area contributed by atoms with Gasteiger partial charge in [-0.3, -0.25) is 4.79 Å². The van der Waals surface area contributed by atoms with Crippen molar-refractivity contribution in [3.05, 3.63) is 11.4 Å². The number of aliphatic carboxylic acids is 1. The Kier molecular flexibility index (Phi) is 2.46.